The molecular formula is C2F5NO2S. The van der Waals surface area contributed by atoms with Gasteiger partial charge in [-0.05, 0) is 0 Å². The van der Waals surface area contributed by atoms with Crippen molar-refractivity contribution in [2.75, 3.05) is 0 Å². The number of hydrogen-bond acceptors (Lipinski definition) is 3. The van der Waals surface area contributed by atoms with Crippen LogP contribution in [0.3, 0.4) is 0 Å². The quantitative estimate of drug-likeness (QED) is 0.468. The van der Waals surface area contributed by atoms with Gasteiger partial charge >= 0.3 is 22.7 Å². The van der Waals surface area contributed by atoms with E-state index in [4.69, 9.17) is 0 Å². The van der Waals surface area contributed by atoms with E-state index in [1.54, 1.807) is 0 Å². The molecule has 0 aliphatic heterocycles. The molecule has 9 heteroatoms. The highest BCUT2D eigenvalue weighted by atomic mass is 32.2. The van der Waals surface area contributed by atoms with Crippen molar-refractivity contribution >= 4 is 10.5 Å². The van der Waals surface area contributed by atoms with Crippen molar-refractivity contribution in [2.45, 2.75) is 12.2 Å². The molecule has 0 atom stereocenters. The molecule has 0 N–H and O–H groups in total. The Morgan fingerprint density at radius 2 is 1.36 bits per heavy atom. The minimum absolute atomic E-state index is 1.14. The maximum atomic E-state index is 11.5. The van der Waals surface area contributed by atoms with Gasteiger partial charge in [0.15, 0.2) is 0 Å². The molecule has 11 heavy (non-hydrogen) atoms. The summed E-state index contributed by atoms with van der Waals surface area (Å²) in [6, 6.07) is -5.53. The Balaban J connectivity index is 4.91. The van der Waals surface area contributed by atoms with Gasteiger partial charge in [-0.1, -0.05) is 4.36 Å². The molecule has 0 unspecified atom stereocenters. The highest BCUT2D eigenvalue weighted by Crippen LogP contribution is 2.36. The number of rotatable bonds is 1. The van der Waals surface area contributed by atoms with Gasteiger partial charge in [0.2, 0.25) is 0 Å². The average molecular weight is 197 g/mol. The van der Waals surface area contributed by atoms with Crippen molar-refractivity contribution in [3.8, 4) is 0 Å². The van der Waals surface area contributed by atoms with Crippen molar-refractivity contribution in [1.82, 2.24) is 0 Å². The van der Waals surface area contributed by atoms with Gasteiger partial charge in [-0.3, -0.25) is 0 Å². The summed E-state index contributed by atoms with van der Waals surface area (Å²) in [6.07, 6.45) is -5.97. The van der Waals surface area contributed by atoms with Crippen LogP contribution in [0.15, 0.2) is 4.36 Å². The Labute approximate surface area is 58.5 Å². The van der Waals surface area contributed by atoms with Gasteiger partial charge in [0.1, 0.15) is 0 Å². The van der Waals surface area contributed by atoms with Gasteiger partial charge in [-0.15, -0.1) is 0 Å². The molecule has 0 heterocycles. The van der Waals surface area contributed by atoms with E-state index in [1.165, 1.54) is 0 Å². The molecule has 0 spiro atoms. The van der Waals surface area contributed by atoms with Crippen molar-refractivity contribution in [2.24, 2.45) is 4.36 Å². The third kappa shape index (κ3) is 2.78. The first-order chi connectivity index (χ1) is 4.67. The number of hydrogen-bond donors (Lipinski definition) is 0. The third-order valence-electron chi connectivity index (χ3n) is 0.530. The second-order valence-electron chi connectivity index (χ2n) is 1.35. The van der Waals surface area contributed by atoms with Crippen LogP contribution in [0.1, 0.15) is 0 Å². The van der Waals surface area contributed by atoms with Crippen LogP contribution >= 0.6 is 0 Å². The Kier molecular flexibility index (Phi) is 2.54. The molecule has 0 fully saturated rings. The predicted molar refractivity (Wildman–Crippen MR) is 22.3 cm³/mol. The minimum Gasteiger partial charge on any atom is -0.170 e. The van der Waals surface area contributed by atoms with Crippen LogP contribution in [0, 0.1) is 0 Å². The first kappa shape index (κ1) is 10.3. The van der Waals surface area contributed by atoms with Crippen LogP contribution in [0.2, 0.25) is 0 Å². The minimum atomic E-state index is -5.97. The second kappa shape index (κ2) is 2.72. The molecule has 66 valence electrons. The Morgan fingerprint density at radius 1 is 1.00 bits per heavy atom. The molecule has 0 amide bonds. The van der Waals surface area contributed by atoms with Crippen molar-refractivity contribution in [3.63, 3.8) is 0 Å². The van der Waals surface area contributed by atoms with Crippen LogP contribution in [0.25, 0.3) is 0 Å². The summed E-state index contributed by atoms with van der Waals surface area (Å²) in [6.45, 7) is 0. The van der Waals surface area contributed by atoms with Gasteiger partial charge in [-0.25, -0.2) is 0 Å². The molecule has 0 aliphatic carbocycles. The summed E-state index contributed by atoms with van der Waals surface area (Å²) in [5.41, 5.74) is 0. The standard InChI is InChI=1S/C2F5NO2S/c3-1(4,5)2(6,7)8-11(9)10. The van der Waals surface area contributed by atoms with Gasteiger partial charge in [-0.2, -0.15) is 30.4 Å². The van der Waals surface area contributed by atoms with Crippen LogP contribution < -0.4 is 0 Å². The first-order valence-corrected chi connectivity index (χ1v) is 2.97. The molecular weight excluding hydrogens is 197 g/mol. The van der Waals surface area contributed by atoms with Gasteiger partial charge in [0, 0.05) is 0 Å². The van der Waals surface area contributed by atoms with Gasteiger partial charge in [0.05, 0.1) is 0 Å². The fourth-order valence-corrected chi connectivity index (χ4v) is 0.436. The van der Waals surface area contributed by atoms with E-state index in [2.05, 4.69) is 0 Å². The zero-order valence-corrected chi connectivity index (χ0v) is 5.38. The summed E-state index contributed by atoms with van der Waals surface area (Å²) in [5, 5.41) is 0. The zero-order chi connectivity index (χ0) is 9.28. The monoisotopic (exact) mass is 197 g/mol. The van der Waals surface area contributed by atoms with Crippen molar-refractivity contribution in [3.05, 3.63) is 0 Å². The average Bonchev–Trinajstić information content (AvgIpc) is 1.56. The van der Waals surface area contributed by atoms with E-state index < -0.39 is 22.7 Å². The number of alkyl halides is 5. The summed E-state index contributed by atoms with van der Waals surface area (Å²) in [5.74, 6) is 0. The fraction of sp³-hybridized carbons (Fsp3) is 1.00. The molecule has 0 saturated carbocycles. The van der Waals surface area contributed by atoms with Gasteiger partial charge < -0.3 is 0 Å². The molecule has 0 rings (SSSR count). The predicted octanol–water partition coefficient (Wildman–Crippen LogP) is 1.20. The highest BCUT2D eigenvalue weighted by Gasteiger charge is 2.59. The molecule has 0 bridgehead atoms. The summed E-state index contributed by atoms with van der Waals surface area (Å²) < 4.78 is 76.0. The number of halogens is 5. The maximum Gasteiger partial charge on any atom is 0.478 e. The van der Waals surface area contributed by atoms with Gasteiger partial charge in [0.25, 0.3) is 0 Å². The van der Waals surface area contributed by atoms with Crippen molar-refractivity contribution < 1.29 is 30.4 Å². The second-order valence-corrected chi connectivity index (χ2v) is 1.96. The lowest BCUT2D eigenvalue weighted by atomic mass is 10.6. The third-order valence-corrected chi connectivity index (χ3v) is 0.909. The molecule has 0 saturated heterocycles. The lowest BCUT2D eigenvalue weighted by Gasteiger charge is -2.11. The SMILES string of the molecule is O=S(=O)=NC(F)(F)C(F)(F)F. The Morgan fingerprint density at radius 3 is 1.45 bits per heavy atom. The molecule has 0 aliphatic rings. The maximum absolute atomic E-state index is 11.5. The summed E-state index contributed by atoms with van der Waals surface area (Å²) >= 11 is 0. The normalized spacial score (nSPS) is 12.8. The first-order valence-electron chi connectivity index (χ1n) is 1.93. The van der Waals surface area contributed by atoms with Crippen LogP contribution in [0.4, 0.5) is 22.0 Å². The highest BCUT2D eigenvalue weighted by molar-refractivity contribution is 7.61. The number of nitrogens with zero attached hydrogens (tertiary/aromatic N) is 1. The fourth-order valence-electron chi connectivity index (χ4n) is 0.145. The van der Waals surface area contributed by atoms with Crippen LogP contribution in [-0.4, -0.2) is 20.6 Å². The summed E-state index contributed by atoms with van der Waals surface area (Å²) in [7, 11) is -3.78. The van der Waals surface area contributed by atoms with E-state index in [1.807, 2.05) is 0 Å². The molecule has 0 aromatic carbocycles. The largest absolute Gasteiger partial charge is 0.478 e. The zero-order valence-electron chi connectivity index (χ0n) is 4.56. The molecule has 0 radical (unpaired) electrons. The van der Waals surface area contributed by atoms with Crippen LogP contribution in [0.5, 0.6) is 0 Å². The summed E-state index contributed by atoms with van der Waals surface area (Å²) in [4.78, 5) is 0. The lowest BCUT2D eigenvalue weighted by molar-refractivity contribution is -0.277. The Bertz CT molecular complexity index is 255. The van der Waals surface area contributed by atoms with E-state index in [0.717, 1.165) is 4.36 Å². The topological polar surface area (TPSA) is 46.5 Å². The van der Waals surface area contributed by atoms with Crippen molar-refractivity contribution in [1.29, 1.82) is 0 Å². The molecule has 3 nitrogen and oxygen atoms in total. The van der Waals surface area contributed by atoms with E-state index >= 15 is 0 Å². The van der Waals surface area contributed by atoms with E-state index in [0.29, 0.717) is 0 Å². The van der Waals surface area contributed by atoms with Crippen LogP contribution in [-0.2, 0) is 10.5 Å². The lowest BCUT2D eigenvalue weighted by Crippen LogP contribution is -2.33. The Hall–Kier alpha value is -0.730. The van der Waals surface area contributed by atoms with E-state index in [-0.39, 0.29) is 0 Å². The molecule has 0 aromatic rings. The van der Waals surface area contributed by atoms with E-state index in [9.17, 15) is 30.4 Å². The smallest absolute Gasteiger partial charge is 0.170 e. The molecule has 0 aromatic heterocycles.